The number of rotatable bonds is 0. The molecular formula is C28H22N4. The Bertz CT molecular complexity index is 1470. The van der Waals surface area contributed by atoms with Crippen LogP contribution in [0.1, 0.15) is 45.5 Å². The molecule has 3 aromatic carbocycles. The molecule has 154 valence electrons. The summed E-state index contributed by atoms with van der Waals surface area (Å²) in [5.74, 6) is 0.218. The van der Waals surface area contributed by atoms with Gasteiger partial charge in [0.2, 0.25) is 0 Å². The van der Waals surface area contributed by atoms with Crippen LogP contribution < -0.4 is 11.5 Å². The molecule has 0 radical (unpaired) electrons. The van der Waals surface area contributed by atoms with E-state index in [2.05, 4.69) is 48.5 Å². The third-order valence-corrected chi connectivity index (χ3v) is 7.31. The van der Waals surface area contributed by atoms with Gasteiger partial charge in [-0.05, 0) is 42.0 Å². The lowest BCUT2D eigenvalue weighted by Gasteiger charge is -2.27. The number of aromatic nitrogens is 2. The lowest BCUT2D eigenvalue weighted by Crippen LogP contribution is -2.17. The van der Waals surface area contributed by atoms with Crippen LogP contribution in [0.3, 0.4) is 0 Å². The van der Waals surface area contributed by atoms with Crippen LogP contribution in [-0.4, -0.2) is 9.97 Å². The molecule has 0 fully saturated rings. The molecule has 4 heteroatoms. The number of nitrogen functional groups attached to an aromatic ring is 2. The van der Waals surface area contributed by atoms with Crippen molar-refractivity contribution in [2.75, 3.05) is 11.5 Å². The molecule has 32 heavy (non-hydrogen) atoms. The zero-order valence-electron chi connectivity index (χ0n) is 17.5. The van der Waals surface area contributed by atoms with Gasteiger partial charge < -0.3 is 11.5 Å². The summed E-state index contributed by atoms with van der Waals surface area (Å²) in [6.45, 7) is 0. The van der Waals surface area contributed by atoms with E-state index in [4.69, 9.17) is 21.4 Å². The average Bonchev–Trinajstić information content (AvgIpc) is 3.03. The van der Waals surface area contributed by atoms with Crippen LogP contribution >= 0.6 is 0 Å². The summed E-state index contributed by atoms with van der Waals surface area (Å²) in [7, 11) is 0. The predicted molar refractivity (Wildman–Crippen MR) is 130 cm³/mol. The first-order valence-electron chi connectivity index (χ1n) is 11.1. The van der Waals surface area contributed by atoms with Gasteiger partial charge in [0.15, 0.2) is 0 Å². The van der Waals surface area contributed by atoms with E-state index in [0.717, 1.165) is 68.5 Å². The number of benzene rings is 3. The molecular weight excluding hydrogens is 392 g/mol. The van der Waals surface area contributed by atoms with E-state index in [1.807, 2.05) is 24.3 Å². The van der Waals surface area contributed by atoms with E-state index in [1.54, 1.807) is 0 Å². The Labute approximate surface area is 185 Å². The topological polar surface area (TPSA) is 77.8 Å². The molecule has 4 N–H and O–H groups in total. The maximum Gasteiger partial charge on any atom is 0.0726 e. The normalized spacial score (nSPS) is 18.6. The van der Waals surface area contributed by atoms with E-state index in [-0.39, 0.29) is 11.8 Å². The molecule has 0 amide bonds. The molecule has 0 spiro atoms. The zero-order chi connectivity index (χ0) is 21.4. The van der Waals surface area contributed by atoms with Gasteiger partial charge in [-0.15, -0.1) is 0 Å². The van der Waals surface area contributed by atoms with Gasteiger partial charge in [0, 0.05) is 50.6 Å². The van der Waals surface area contributed by atoms with Crippen molar-refractivity contribution in [2.24, 2.45) is 0 Å². The lowest BCUT2D eigenvalue weighted by atomic mass is 9.80. The average molecular weight is 415 g/mol. The van der Waals surface area contributed by atoms with Crippen LogP contribution in [0.2, 0.25) is 0 Å². The third kappa shape index (κ3) is 2.27. The van der Waals surface area contributed by atoms with Crippen LogP contribution in [0.25, 0.3) is 21.8 Å². The van der Waals surface area contributed by atoms with Crippen LogP contribution in [-0.2, 0) is 12.8 Å². The van der Waals surface area contributed by atoms with Gasteiger partial charge in [0.25, 0.3) is 0 Å². The molecule has 7 rings (SSSR count). The second kappa shape index (κ2) is 6.30. The molecule has 0 atom stereocenters. The van der Waals surface area contributed by atoms with Crippen molar-refractivity contribution < 1.29 is 0 Å². The molecule has 0 unspecified atom stereocenters. The summed E-state index contributed by atoms with van der Waals surface area (Å²) < 4.78 is 0. The molecule has 2 heterocycles. The van der Waals surface area contributed by atoms with Gasteiger partial charge in [-0.1, -0.05) is 60.7 Å². The van der Waals surface area contributed by atoms with Gasteiger partial charge in [-0.3, -0.25) is 9.97 Å². The van der Waals surface area contributed by atoms with Crippen LogP contribution in [0.4, 0.5) is 11.4 Å². The Morgan fingerprint density at radius 2 is 1.06 bits per heavy atom. The van der Waals surface area contributed by atoms with E-state index in [9.17, 15) is 0 Å². The standard InChI is InChI=1S/C28H22N4/c29-27-18-9-3-5-11-20(18)31-22-13-15-14-23-26(28(30)19-10-4-6-12-21(19)32-23)24(25(22)27)17-8-2-1-7-16(15)17/h1-12,15,24H,13-14H2,(H2,29,31)(H2,30,32). The van der Waals surface area contributed by atoms with E-state index in [0.29, 0.717) is 0 Å². The Kier molecular flexibility index (Phi) is 3.49. The SMILES string of the molecule is Nc1c2c(nc3ccccc13)CC1Cc3nc4ccccc4c(N)c3C2c2ccccc21. The quantitative estimate of drug-likeness (QED) is 0.359. The molecule has 5 aromatic rings. The smallest absolute Gasteiger partial charge is 0.0726 e. The Hall–Kier alpha value is -3.92. The van der Waals surface area contributed by atoms with Crippen molar-refractivity contribution in [2.45, 2.75) is 24.7 Å². The highest BCUT2D eigenvalue weighted by Crippen LogP contribution is 2.52. The lowest BCUT2D eigenvalue weighted by molar-refractivity contribution is 0.659. The Balaban J connectivity index is 1.66. The fourth-order valence-electron chi connectivity index (χ4n) is 5.93. The van der Waals surface area contributed by atoms with Crippen LogP contribution in [0.15, 0.2) is 72.8 Å². The number of fused-ring (bicyclic) bond motifs is 6. The van der Waals surface area contributed by atoms with Crippen molar-refractivity contribution in [3.63, 3.8) is 0 Å². The molecule has 2 aliphatic carbocycles. The minimum atomic E-state index is -0.0714. The zero-order valence-corrected chi connectivity index (χ0v) is 17.5. The fraction of sp³-hybridized carbons (Fsp3) is 0.143. The molecule has 2 bridgehead atoms. The maximum atomic E-state index is 6.92. The van der Waals surface area contributed by atoms with Crippen LogP contribution in [0.5, 0.6) is 0 Å². The summed E-state index contributed by atoms with van der Waals surface area (Å²) in [6, 6.07) is 25.1. The van der Waals surface area contributed by atoms with Crippen LogP contribution in [0, 0.1) is 0 Å². The molecule has 0 aliphatic heterocycles. The van der Waals surface area contributed by atoms with Crippen molar-refractivity contribution in [1.82, 2.24) is 9.97 Å². The first-order valence-corrected chi connectivity index (χ1v) is 11.1. The number of hydrogen-bond acceptors (Lipinski definition) is 4. The molecule has 0 saturated heterocycles. The van der Waals surface area contributed by atoms with Gasteiger partial charge in [0.05, 0.1) is 11.0 Å². The number of anilines is 2. The summed E-state index contributed by atoms with van der Waals surface area (Å²) in [5, 5.41) is 2.00. The van der Waals surface area contributed by atoms with Crippen molar-refractivity contribution >= 4 is 33.2 Å². The van der Waals surface area contributed by atoms with Gasteiger partial charge >= 0.3 is 0 Å². The van der Waals surface area contributed by atoms with E-state index < -0.39 is 0 Å². The molecule has 2 aliphatic rings. The van der Waals surface area contributed by atoms with E-state index in [1.165, 1.54) is 11.1 Å². The van der Waals surface area contributed by atoms with Crippen molar-refractivity contribution in [1.29, 1.82) is 0 Å². The highest BCUT2D eigenvalue weighted by molar-refractivity contribution is 5.96. The first-order chi connectivity index (χ1) is 15.7. The van der Waals surface area contributed by atoms with Crippen molar-refractivity contribution in [3.05, 3.63) is 106 Å². The summed E-state index contributed by atoms with van der Waals surface area (Å²) >= 11 is 0. The Morgan fingerprint density at radius 1 is 0.594 bits per heavy atom. The minimum absolute atomic E-state index is 0.0714. The monoisotopic (exact) mass is 414 g/mol. The number of hydrogen-bond donors (Lipinski definition) is 2. The highest BCUT2D eigenvalue weighted by atomic mass is 14.8. The predicted octanol–water partition coefficient (Wildman–Crippen LogP) is 5.32. The number of para-hydroxylation sites is 2. The summed E-state index contributed by atoms with van der Waals surface area (Å²) in [6.07, 6.45) is 1.71. The highest BCUT2D eigenvalue weighted by Gasteiger charge is 2.39. The van der Waals surface area contributed by atoms with E-state index >= 15 is 0 Å². The van der Waals surface area contributed by atoms with Gasteiger partial charge in [0.1, 0.15) is 0 Å². The minimum Gasteiger partial charge on any atom is -0.398 e. The Morgan fingerprint density at radius 3 is 1.62 bits per heavy atom. The number of nitrogens with two attached hydrogens (primary N) is 2. The number of pyridine rings is 2. The fourth-order valence-corrected chi connectivity index (χ4v) is 5.93. The largest absolute Gasteiger partial charge is 0.398 e. The number of nitrogens with zero attached hydrogens (tertiary/aromatic N) is 2. The van der Waals surface area contributed by atoms with Gasteiger partial charge in [-0.25, -0.2) is 0 Å². The summed E-state index contributed by atoms with van der Waals surface area (Å²) in [5.41, 5.74) is 24.4. The first kappa shape index (κ1) is 17.7. The van der Waals surface area contributed by atoms with Gasteiger partial charge in [-0.2, -0.15) is 0 Å². The second-order valence-corrected chi connectivity index (χ2v) is 8.97. The maximum absolute atomic E-state index is 6.92. The molecule has 2 aromatic heterocycles. The second-order valence-electron chi connectivity index (χ2n) is 8.97. The summed E-state index contributed by atoms with van der Waals surface area (Å²) in [4.78, 5) is 10.3. The third-order valence-electron chi connectivity index (χ3n) is 7.31. The van der Waals surface area contributed by atoms with Crippen molar-refractivity contribution in [3.8, 4) is 0 Å². The molecule has 0 saturated carbocycles. The molecule has 4 nitrogen and oxygen atoms in total.